The highest BCUT2D eigenvalue weighted by molar-refractivity contribution is 7.18. The number of hydrogen-bond acceptors (Lipinski definition) is 7. The molecule has 0 atom stereocenters. The van der Waals surface area contributed by atoms with E-state index in [1.165, 1.54) is 15.7 Å². The Balaban J connectivity index is 1.49. The average Bonchev–Trinajstić information content (AvgIpc) is 3.39. The first-order valence-corrected chi connectivity index (χ1v) is 11.8. The minimum absolute atomic E-state index is 0.135. The Hall–Kier alpha value is -3.24. The maximum Gasteiger partial charge on any atom is 0.352 e. The molecule has 4 aromatic rings. The maximum atomic E-state index is 13.2. The summed E-state index contributed by atoms with van der Waals surface area (Å²) in [5.74, 6) is 0.914. The lowest BCUT2D eigenvalue weighted by atomic mass is 10.2. The van der Waals surface area contributed by atoms with E-state index in [0.717, 1.165) is 60.7 Å². The molecule has 3 aromatic heterocycles. The van der Waals surface area contributed by atoms with Crippen LogP contribution in [0.5, 0.6) is 5.75 Å². The molecule has 4 heterocycles. The van der Waals surface area contributed by atoms with E-state index in [1.54, 1.807) is 29.9 Å². The molecular formula is C23H26N6O3S. The Kier molecular flexibility index (Phi) is 5.86. The Morgan fingerprint density at radius 1 is 1.12 bits per heavy atom. The van der Waals surface area contributed by atoms with Gasteiger partial charge in [-0.05, 0) is 30.2 Å². The zero-order valence-electron chi connectivity index (χ0n) is 18.7. The van der Waals surface area contributed by atoms with Gasteiger partial charge >= 0.3 is 5.69 Å². The molecule has 1 fully saturated rings. The number of amides is 1. The Bertz CT molecular complexity index is 1360. The molecule has 0 unspecified atom stereocenters. The van der Waals surface area contributed by atoms with Crippen LogP contribution in [-0.4, -0.2) is 68.2 Å². The largest absolute Gasteiger partial charge is 0.497 e. The fourth-order valence-corrected chi connectivity index (χ4v) is 5.54. The van der Waals surface area contributed by atoms with Crippen molar-refractivity contribution in [3.05, 3.63) is 57.6 Å². The van der Waals surface area contributed by atoms with Gasteiger partial charge in [0.2, 0.25) is 5.91 Å². The van der Waals surface area contributed by atoms with E-state index < -0.39 is 0 Å². The van der Waals surface area contributed by atoms with Crippen molar-refractivity contribution in [2.24, 2.45) is 0 Å². The van der Waals surface area contributed by atoms with Crippen LogP contribution in [0.3, 0.4) is 0 Å². The van der Waals surface area contributed by atoms with Gasteiger partial charge in [0.05, 0.1) is 19.0 Å². The average molecular weight is 467 g/mol. The molecule has 0 N–H and O–H groups in total. The SMILES string of the molecule is COc1ccc(Cn2c(=O)n3ncnc3c3cc(CN4CCCN(C(C)=O)CC4)sc32)cc1. The number of ether oxygens (including phenoxy) is 1. The van der Waals surface area contributed by atoms with E-state index in [1.807, 2.05) is 29.2 Å². The van der Waals surface area contributed by atoms with E-state index in [2.05, 4.69) is 21.0 Å². The van der Waals surface area contributed by atoms with Crippen molar-refractivity contribution < 1.29 is 9.53 Å². The van der Waals surface area contributed by atoms with Gasteiger partial charge in [-0.2, -0.15) is 9.61 Å². The van der Waals surface area contributed by atoms with Crippen molar-refractivity contribution in [1.29, 1.82) is 0 Å². The third-order valence-electron chi connectivity index (χ3n) is 6.12. The van der Waals surface area contributed by atoms with Crippen LogP contribution in [0.15, 0.2) is 41.5 Å². The van der Waals surface area contributed by atoms with E-state index in [4.69, 9.17) is 4.74 Å². The number of hydrogen-bond donors (Lipinski definition) is 0. The summed E-state index contributed by atoms with van der Waals surface area (Å²) in [7, 11) is 1.64. The van der Waals surface area contributed by atoms with Crippen LogP contribution in [0, 0.1) is 0 Å². The molecule has 0 spiro atoms. The minimum atomic E-state index is -0.203. The van der Waals surface area contributed by atoms with Crippen LogP contribution in [0.2, 0.25) is 0 Å². The van der Waals surface area contributed by atoms with Gasteiger partial charge in [0, 0.05) is 44.5 Å². The summed E-state index contributed by atoms with van der Waals surface area (Å²) in [5, 5.41) is 5.10. The predicted octanol–water partition coefficient (Wildman–Crippen LogP) is 2.22. The highest BCUT2D eigenvalue weighted by atomic mass is 32.1. The van der Waals surface area contributed by atoms with Gasteiger partial charge in [-0.15, -0.1) is 11.3 Å². The molecule has 0 bridgehead atoms. The van der Waals surface area contributed by atoms with Crippen molar-refractivity contribution in [2.45, 2.75) is 26.4 Å². The number of carbonyl (C=O) groups is 1. The predicted molar refractivity (Wildman–Crippen MR) is 127 cm³/mol. The second kappa shape index (κ2) is 8.95. The van der Waals surface area contributed by atoms with Gasteiger partial charge in [0.1, 0.15) is 16.9 Å². The molecule has 5 rings (SSSR count). The molecule has 0 aliphatic carbocycles. The highest BCUT2D eigenvalue weighted by Gasteiger charge is 2.20. The number of carbonyl (C=O) groups excluding carboxylic acids is 1. The maximum absolute atomic E-state index is 13.2. The lowest BCUT2D eigenvalue weighted by molar-refractivity contribution is -0.128. The number of fused-ring (bicyclic) bond motifs is 3. The molecule has 9 nitrogen and oxygen atoms in total. The summed E-state index contributed by atoms with van der Waals surface area (Å²) >= 11 is 1.63. The summed E-state index contributed by atoms with van der Waals surface area (Å²) in [6.45, 7) is 6.18. The summed E-state index contributed by atoms with van der Waals surface area (Å²) < 4.78 is 8.39. The van der Waals surface area contributed by atoms with Crippen molar-refractivity contribution >= 4 is 33.1 Å². The topological polar surface area (TPSA) is 85.0 Å². The molecule has 1 aliphatic heterocycles. The zero-order chi connectivity index (χ0) is 22.9. The molecule has 172 valence electrons. The first-order valence-electron chi connectivity index (χ1n) is 11.0. The lowest BCUT2D eigenvalue weighted by Gasteiger charge is -2.20. The van der Waals surface area contributed by atoms with Gasteiger partial charge in [0.15, 0.2) is 5.65 Å². The monoisotopic (exact) mass is 466 g/mol. The quantitative estimate of drug-likeness (QED) is 0.448. The number of nitrogens with zero attached hydrogens (tertiary/aromatic N) is 6. The van der Waals surface area contributed by atoms with E-state index >= 15 is 0 Å². The summed E-state index contributed by atoms with van der Waals surface area (Å²) in [6, 6.07) is 9.86. The first-order chi connectivity index (χ1) is 16.0. The van der Waals surface area contributed by atoms with Crippen LogP contribution in [0.1, 0.15) is 23.8 Å². The number of aromatic nitrogens is 4. The Labute approximate surface area is 194 Å². The van der Waals surface area contributed by atoms with Crippen LogP contribution >= 0.6 is 11.3 Å². The van der Waals surface area contributed by atoms with Crippen molar-refractivity contribution in [1.82, 2.24) is 29.0 Å². The number of benzene rings is 1. The van der Waals surface area contributed by atoms with Crippen LogP contribution < -0.4 is 10.4 Å². The summed E-state index contributed by atoms with van der Waals surface area (Å²) in [6.07, 6.45) is 2.39. The van der Waals surface area contributed by atoms with E-state index in [0.29, 0.717) is 12.2 Å². The normalized spacial score (nSPS) is 15.3. The minimum Gasteiger partial charge on any atom is -0.497 e. The molecular weight excluding hydrogens is 440 g/mol. The Morgan fingerprint density at radius 2 is 1.94 bits per heavy atom. The lowest BCUT2D eigenvalue weighted by Crippen LogP contribution is -2.33. The van der Waals surface area contributed by atoms with Crippen molar-refractivity contribution in [2.75, 3.05) is 33.3 Å². The number of methoxy groups -OCH3 is 1. The second-order valence-corrected chi connectivity index (χ2v) is 9.39. The van der Waals surface area contributed by atoms with Crippen molar-refractivity contribution in [3.8, 4) is 5.75 Å². The number of thiophene rings is 1. The third-order valence-corrected chi connectivity index (χ3v) is 7.27. The highest BCUT2D eigenvalue weighted by Crippen LogP contribution is 2.29. The van der Waals surface area contributed by atoms with Crippen molar-refractivity contribution in [3.63, 3.8) is 0 Å². The van der Waals surface area contributed by atoms with Gasteiger partial charge < -0.3 is 9.64 Å². The summed E-state index contributed by atoms with van der Waals surface area (Å²) in [4.78, 5) is 35.7. The molecule has 0 radical (unpaired) electrons. The number of rotatable bonds is 5. The van der Waals surface area contributed by atoms with Gasteiger partial charge in [-0.25, -0.2) is 9.78 Å². The van der Waals surface area contributed by atoms with Gasteiger partial charge in [-0.3, -0.25) is 14.3 Å². The molecule has 1 saturated heterocycles. The van der Waals surface area contributed by atoms with Crippen LogP contribution in [-0.2, 0) is 17.9 Å². The molecule has 1 aromatic carbocycles. The standard InChI is InChI=1S/C23H26N6O3S/c1-16(30)27-9-3-8-26(10-11-27)14-19-12-20-21-24-15-25-29(21)23(31)28(22(20)33-19)13-17-4-6-18(32-2)7-5-17/h4-7,12,15H,3,8-11,13-14H2,1-2H3. The smallest absolute Gasteiger partial charge is 0.352 e. The van der Waals surface area contributed by atoms with E-state index in [-0.39, 0.29) is 11.6 Å². The van der Waals surface area contributed by atoms with E-state index in [9.17, 15) is 9.59 Å². The molecule has 1 amide bonds. The Morgan fingerprint density at radius 3 is 2.70 bits per heavy atom. The zero-order valence-corrected chi connectivity index (χ0v) is 19.5. The molecule has 10 heteroatoms. The fraction of sp³-hybridized carbons (Fsp3) is 0.391. The fourth-order valence-electron chi connectivity index (χ4n) is 4.35. The van der Waals surface area contributed by atoms with Gasteiger partial charge in [-0.1, -0.05) is 12.1 Å². The van der Waals surface area contributed by atoms with Crippen LogP contribution in [0.4, 0.5) is 0 Å². The second-order valence-electron chi connectivity index (χ2n) is 8.28. The third kappa shape index (κ3) is 4.23. The summed E-state index contributed by atoms with van der Waals surface area (Å²) in [5.41, 5.74) is 1.39. The van der Waals surface area contributed by atoms with Crippen LogP contribution in [0.25, 0.3) is 15.9 Å². The first kappa shape index (κ1) is 21.6. The molecule has 33 heavy (non-hydrogen) atoms. The molecule has 0 saturated carbocycles. The van der Waals surface area contributed by atoms with Gasteiger partial charge in [0.25, 0.3) is 0 Å². The molecule has 1 aliphatic rings.